The number of sulfonamides is 1. The van der Waals surface area contributed by atoms with Crippen LogP contribution >= 0.6 is 11.6 Å². The van der Waals surface area contributed by atoms with Gasteiger partial charge in [0.25, 0.3) is 0 Å². The molecule has 2 N–H and O–H groups in total. The van der Waals surface area contributed by atoms with Crippen LogP contribution in [0.4, 0.5) is 0 Å². The molecule has 118 valence electrons. The maximum Gasteiger partial charge on any atom is 0.243 e. The summed E-state index contributed by atoms with van der Waals surface area (Å²) in [5.41, 5.74) is 7.16. The summed E-state index contributed by atoms with van der Waals surface area (Å²) in [6.07, 6.45) is 0.893. The van der Waals surface area contributed by atoms with Gasteiger partial charge in [-0.25, -0.2) is 8.42 Å². The number of hydrogen-bond acceptors (Lipinski definition) is 3. The van der Waals surface area contributed by atoms with Crippen LogP contribution in [0.3, 0.4) is 0 Å². The molecule has 2 unspecified atom stereocenters. The zero-order valence-electron chi connectivity index (χ0n) is 12.8. The third kappa shape index (κ3) is 3.26. The monoisotopic (exact) mass is 330 g/mol. The Morgan fingerprint density at radius 1 is 1.33 bits per heavy atom. The number of piperidine rings is 1. The van der Waals surface area contributed by atoms with Gasteiger partial charge in [-0.1, -0.05) is 25.4 Å². The van der Waals surface area contributed by atoms with E-state index in [-0.39, 0.29) is 11.4 Å². The van der Waals surface area contributed by atoms with Gasteiger partial charge in [-0.15, -0.1) is 0 Å². The normalized spacial score (nSPS) is 24.2. The minimum absolute atomic E-state index is 0.280. The fourth-order valence-electron chi connectivity index (χ4n) is 2.77. The van der Waals surface area contributed by atoms with Gasteiger partial charge in [0.2, 0.25) is 10.0 Å². The Morgan fingerprint density at radius 2 is 2.00 bits per heavy atom. The van der Waals surface area contributed by atoms with Crippen molar-refractivity contribution in [3.8, 4) is 0 Å². The zero-order chi connectivity index (χ0) is 15.8. The number of nitrogens with two attached hydrogens (primary N) is 1. The molecule has 0 bridgehead atoms. The van der Waals surface area contributed by atoms with Gasteiger partial charge in [-0.05, 0) is 48.4 Å². The molecule has 6 heteroatoms. The molecule has 1 aromatic carbocycles. The molecule has 1 aromatic rings. The quantitative estimate of drug-likeness (QED) is 0.926. The van der Waals surface area contributed by atoms with Gasteiger partial charge in [-0.2, -0.15) is 4.31 Å². The predicted molar refractivity (Wildman–Crippen MR) is 85.8 cm³/mol. The standard InChI is InChI=1S/C15H23ClN2O2S/c1-10-4-5-18(9-11(10)2)21(19,20)15-7-14(16)6-13(8-17)12(15)3/h6-7,10-11H,4-5,8-9,17H2,1-3H3. The summed E-state index contributed by atoms with van der Waals surface area (Å²) in [5.74, 6) is 0.915. The number of nitrogens with zero attached hydrogens (tertiary/aromatic N) is 1. The Morgan fingerprint density at radius 3 is 2.57 bits per heavy atom. The van der Waals surface area contributed by atoms with Gasteiger partial charge >= 0.3 is 0 Å². The summed E-state index contributed by atoms with van der Waals surface area (Å²) in [5, 5.41) is 0.415. The number of hydrogen-bond donors (Lipinski definition) is 1. The average molecular weight is 331 g/mol. The first-order valence-corrected chi connectivity index (χ1v) is 9.08. The molecule has 0 spiro atoms. The van der Waals surface area contributed by atoms with Crippen LogP contribution in [0.25, 0.3) is 0 Å². The predicted octanol–water partition coefficient (Wildman–Crippen LogP) is 2.77. The average Bonchev–Trinajstić information content (AvgIpc) is 2.43. The van der Waals surface area contributed by atoms with Gasteiger partial charge in [-0.3, -0.25) is 0 Å². The summed E-state index contributed by atoms with van der Waals surface area (Å²) < 4.78 is 27.4. The van der Waals surface area contributed by atoms with Crippen molar-refractivity contribution in [1.29, 1.82) is 0 Å². The summed E-state index contributed by atoms with van der Waals surface area (Å²) in [6, 6.07) is 3.27. The molecule has 4 nitrogen and oxygen atoms in total. The van der Waals surface area contributed by atoms with E-state index in [1.807, 2.05) is 0 Å². The molecule has 0 aliphatic carbocycles. The van der Waals surface area contributed by atoms with Crippen LogP contribution < -0.4 is 5.73 Å². The summed E-state index contributed by atoms with van der Waals surface area (Å²) in [6.45, 7) is 7.48. The van der Waals surface area contributed by atoms with E-state index in [1.165, 1.54) is 6.07 Å². The number of rotatable bonds is 3. The lowest BCUT2D eigenvalue weighted by molar-refractivity contribution is 0.212. The molecule has 0 amide bonds. The maximum absolute atomic E-state index is 12.9. The van der Waals surface area contributed by atoms with Crippen LogP contribution in [0.15, 0.2) is 17.0 Å². The second-order valence-electron chi connectivity index (χ2n) is 6.00. The number of halogens is 1. The molecule has 0 radical (unpaired) electrons. The van der Waals surface area contributed by atoms with E-state index in [4.69, 9.17) is 17.3 Å². The van der Waals surface area contributed by atoms with Crippen molar-refractivity contribution in [1.82, 2.24) is 4.31 Å². The van der Waals surface area contributed by atoms with Gasteiger partial charge < -0.3 is 5.73 Å². The van der Waals surface area contributed by atoms with Crippen LogP contribution in [0.5, 0.6) is 0 Å². The summed E-state index contributed by atoms with van der Waals surface area (Å²) >= 11 is 6.06. The third-order valence-corrected chi connectivity index (χ3v) is 6.78. The Balaban J connectivity index is 2.43. The largest absolute Gasteiger partial charge is 0.326 e. The Bertz CT molecular complexity index is 631. The highest BCUT2D eigenvalue weighted by atomic mass is 35.5. The van der Waals surface area contributed by atoms with Crippen LogP contribution in [0, 0.1) is 18.8 Å². The van der Waals surface area contributed by atoms with E-state index in [0.717, 1.165) is 12.0 Å². The molecule has 2 atom stereocenters. The third-order valence-electron chi connectivity index (χ3n) is 4.57. The van der Waals surface area contributed by atoms with Crippen LogP contribution in [-0.2, 0) is 16.6 Å². The SMILES string of the molecule is Cc1c(CN)cc(Cl)cc1S(=O)(=O)N1CCC(C)C(C)C1. The van der Waals surface area contributed by atoms with Crippen molar-refractivity contribution in [2.75, 3.05) is 13.1 Å². The topological polar surface area (TPSA) is 63.4 Å². The van der Waals surface area contributed by atoms with E-state index in [9.17, 15) is 8.42 Å². The van der Waals surface area contributed by atoms with Crippen molar-refractivity contribution < 1.29 is 8.42 Å². The highest BCUT2D eigenvalue weighted by Gasteiger charge is 2.33. The Kier molecular flexibility index (Phi) is 4.98. The van der Waals surface area contributed by atoms with Gasteiger partial charge in [0.1, 0.15) is 0 Å². The second kappa shape index (κ2) is 6.24. The molecule has 2 rings (SSSR count). The van der Waals surface area contributed by atoms with Gasteiger partial charge in [0.05, 0.1) is 4.90 Å². The zero-order valence-corrected chi connectivity index (χ0v) is 14.3. The molecular weight excluding hydrogens is 308 g/mol. The van der Waals surface area contributed by atoms with Crippen LogP contribution in [0.1, 0.15) is 31.4 Å². The smallest absolute Gasteiger partial charge is 0.243 e. The Labute approximate surface area is 132 Å². The maximum atomic E-state index is 12.9. The molecule has 0 saturated carbocycles. The minimum Gasteiger partial charge on any atom is -0.326 e. The van der Waals surface area contributed by atoms with E-state index in [1.54, 1.807) is 17.3 Å². The van der Waals surface area contributed by atoms with E-state index in [0.29, 0.717) is 35.5 Å². The highest BCUT2D eigenvalue weighted by Crippen LogP contribution is 2.31. The lowest BCUT2D eigenvalue weighted by atomic mass is 9.90. The molecule has 0 aromatic heterocycles. The van der Waals surface area contributed by atoms with Gasteiger partial charge in [0.15, 0.2) is 0 Å². The first-order valence-electron chi connectivity index (χ1n) is 7.26. The van der Waals surface area contributed by atoms with Gasteiger partial charge in [0, 0.05) is 24.7 Å². The molecule has 1 heterocycles. The first kappa shape index (κ1) is 16.7. The lowest BCUT2D eigenvalue weighted by Gasteiger charge is -2.34. The van der Waals surface area contributed by atoms with Crippen molar-refractivity contribution in [2.24, 2.45) is 17.6 Å². The fourth-order valence-corrected chi connectivity index (χ4v) is 4.92. The van der Waals surface area contributed by atoms with Crippen LogP contribution in [0.2, 0.25) is 5.02 Å². The second-order valence-corrected chi connectivity index (χ2v) is 8.34. The Hall–Kier alpha value is -0.620. The molecule has 1 aliphatic rings. The first-order chi connectivity index (χ1) is 9.77. The summed E-state index contributed by atoms with van der Waals surface area (Å²) in [4.78, 5) is 0.289. The van der Waals surface area contributed by atoms with E-state index >= 15 is 0 Å². The molecule has 1 saturated heterocycles. The van der Waals surface area contributed by atoms with Crippen molar-refractivity contribution in [2.45, 2.75) is 38.6 Å². The fraction of sp³-hybridized carbons (Fsp3) is 0.600. The van der Waals surface area contributed by atoms with E-state index < -0.39 is 10.0 Å². The van der Waals surface area contributed by atoms with Crippen molar-refractivity contribution in [3.63, 3.8) is 0 Å². The molecule has 1 aliphatic heterocycles. The molecular formula is C15H23ClN2O2S. The molecule has 1 fully saturated rings. The lowest BCUT2D eigenvalue weighted by Crippen LogP contribution is -2.42. The number of benzene rings is 1. The van der Waals surface area contributed by atoms with Crippen LogP contribution in [-0.4, -0.2) is 25.8 Å². The van der Waals surface area contributed by atoms with E-state index in [2.05, 4.69) is 13.8 Å². The van der Waals surface area contributed by atoms with Crippen molar-refractivity contribution >= 4 is 21.6 Å². The summed E-state index contributed by atoms with van der Waals surface area (Å²) in [7, 11) is -3.51. The van der Waals surface area contributed by atoms with Crippen molar-refractivity contribution in [3.05, 3.63) is 28.3 Å². The molecule has 21 heavy (non-hydrogen) atoms. The highest BCUT2D eigenvalue weighted by molar-refractivity contribution is 7.89. The minimum atomic E-state index is -3.51.